The number of hydrogen-bond donors (Lipinski definition) is 1. The number of ether oxygens (including phenoxy) is 1. The number of carbonyl (C=O) groups is 2. The van der Waals surface area contributed by atoms with E-state index in [1.54, 1.807) is 36.3 Å². The fraction of sp³-hybridized carbons (Fsp3) is 0.300. The summed E-state index contributed by atoms with van der Waals surface area (Å²) in [4.78, 5) is 25.5. The Labute approximate surface area is 148 Å². The van der Waals surface area contributed by atoms with E-state index in [2.05, 4.69) is 17.4 Å². The Hall–Kier alpha value is -2.82. The molecule has 0 fully saturated rings. The van der Waals surface area contributed by atoms with E-state index in [9.17, 15) is 9.59 Å². The maximum atomic E-state index is 12.2. The minimum atomic E-state index is -0.208. The fourth-order valence-electron chi connectivity index (χ4n) is 2.51. The SMILES string of the molecule is COc1ccc(NC(=O)CN(CCCc2ccccc2)C(C)=O)cc1. The Morgan fingerprint density at radius 3 is 2.32 bits per heavy atom. The van der Waals surface area contributed by atoms with Crippen LogP contribution in [0.3, 0.4) is 0 Å². The third-order valence-electron chi connectivity index (χ3n) is 3.89. The Morgan fingerprint density at radius 2 is 1.72 bits per heavy atom. The number of nitrogens with one attached hydrogen (secondary N) is 1. The lowest BCUT2D eigenvalue weighted by Gasteiger charge is -2.20. The van der Waals surface area contributed by atoms with Gasteiger partial charge in [-0.3, -0.25) is 9.59 Å². The lowest BCUT2D eigenvalue weighted by atomic mass is 10.1. The summed E-state index contributed by atoms with van der Waals surface area (Å²) in [5.74, 6) is 0.419. The highest BCUT2D eigenvalue weighted by molar-refractivity contribution is 5.94. The summed E-state index contributed by atoms with van der Waals surface area (Å²) < 4.78 is 5.09. The highest BCUT2D eigenvalue weighted by atomic mass is 16.5. The van der Waals surface area contributed by atoms with Crippen molar-refractivity contribution < 1.29 is 14.3 Å². The molecule has 0 saturated carbocycles. The van der Waals surface area contributed by atoms with E-state index in [-0.39, 0.29) is 18.4 Å². The van der Waals surface area contributed by atoms with Crippen LogP contribution in [0.25, 0.3) is 0 Å². The molecule has 0 radical (unpaired) electrons. The smallest absolute Gasteiger partial charge is 0.243 e. The quantitative estimate of drug-likeness (QED) is 0.803. The van der Waals surface area contributed by atoms with Gasteiger partial charge in [-0.1, -0.05) is 30.3 Å². The van der Waals surface area contributed by atoms with Crippen molar-refractivity contribution in [3.63, 3.8) is 0 Å². The molecular formula is C20H24N2O3. The Kier molecular flexibility index (Phi) is 7.01. The third kappa shape index (κ3) is 6.30. The zero-order chi connectivity index (χ0) is 18.1. The number of amides is 2. The van der Waals surface area contributed by atoms with Gasteiger partial charge in [0.15, 0.2) is 0 Å². The lowest BCUT2D eigenvalue weighted by molar-refractivity contribution is -0.132. The van der Waals surface area contributed by atoms with Gasteiger partial charge >= 0.3 is 0 Å². The number of nitrogens with zero attached hydrogens (tertiary/aromatic N) is 1. The summed E-state index contributed by atoms with van der Waals surface area (Å²) in [6.07, 6.45) is 1.70. The van der Waals surface area contributed by atoms with Gasteiger partial charge in [0.2, 0.25) is 11.8 Å². The molecule has 0 saturated heterocycles. The number of anilines is 1. The molecule has 132 valence electrons. The second-order valence-electron chi connectivity index (χ2n) is 5.81. The van der Waals surface area contributed by atoms with E-state index in [0.29, 0.717) is 12.2 Å². The minimum absolute atomic E-state index is 0.0517. The number of methoxy groups -OCH3 is 1. The van der Waals surface area contributed by atoms with Gasteiger partial charge in [0.1, 0.15) is 5.75 Å². The summed E-state index contributed by atoms with van der Waals surface area (Å²) in [5.41, 5.74) is 1.91. The van der Waals surface area contributed by atoms with E-state index in [1.165, 1.54) is 12.5 Å². The number of carbonyl (C=O) groups excluding carboxylic acids is 2. The highest BCUT2D eigenvalue weighted by Crippen LogP contribution is 2.15. The van der Waals surface area contributed by atoms with Crippen LogP contribution < -0.4 is 10.1 Å². The molecule has 0 aromatic heterocycles. The minimum Gasteiger partial charge on any atom is -0.497 e. The molecule has 5 nitrogen and oxygen atoms in total. The van der Waals surface area contributed by atoms with E-state index in [4.69, 9.17) is 4.74 Å². The number of hydrogen-bond acceptors (Lipinski definition) is 3. The standard InChI is InChI=1S/C20H24N2O3/c1-16(23)22(14-6-9-17-7-4-3-5-8-17)15-20(24)21-18-10-12-19(25-2)13-11-18/h3-5,7-8,10-13H,6,9,14-15H2,1-2H3,(H,21,24). The molecular weight excluding hydrogens is 316 g/mol. The molecule has 0 heterocycles. The van der Waals surface area contributed by atoms with Gasteiger partial charge in [-0.15, -0.1) is 0 Å². The van der Waals surface area contributed by atoms with Crippen LogP contribution >= 0.6 is 0 Å². The summed E-state index contributed by atoms with van der Waals surface area (Å²) in [7, 11) is 1.59. The van der Waals surface area contributed by atoms with Crippen LogP contribution in [0.4, 0.5) is 5.69 Å². The summed E-state index contributed by atoms with van der Waals surface area (Å²) in [5, 5.41) is 2.80. The van der Waals surface area contributed by atoms with Crippen molar-refractivity contribution in [2.45, 2.75) is 19.8 Å². The molecule has 0 atom stereocenters. The molecule has 2 rings (SSSR count). The highest BCUT2D eigenvalue weighted by Gasteiger charge is 2.13. The molecule has 1 N–H and O–H groups in total. The topological polar surface area (TPSA) is 58.6 Å². The average molecular weight is 340 g/mol. The van der Waals surface area contributed by atoms with Gasteiger partial charge in [-0.25, -0.2) is 0 Å². The first-order chi connectivity index (χ1) is 12.1. The van der Waals surface area contributed by atoms with Gasteiger partial charge in [0.05, 0.1) is 13.7 Å². The predicted molar refractivity (Wildman–Crippen MR) is 98.6 cm³/mol. The normalized spacial score (nSPS) is 10.2. The Morgan fingerprint density at radius 1 is 1.04 bits per heavy atom. The molecule has 5 heteroatoms. The van der Waals surface area contributed by atoms with Gasteiger partial charge in [-0.05, 0) is 42.7 Å². The maximum absolute atomic E-state index is 12.2. The van der Waals surface area contributed by atoms with Gasteiger partial charge in [0.25, 0.3) is 0 Å². The molecule has 0 spiro atoms. The lowest BCUT2D eigenvalue weighted by Crippen LogP contribution is -2.37. The van der Waals surface area contributed by atoms with E-state index in [1.807, 2.05) is 18.2 Å². The molecule has 0 aliphatic carbocycles. The van der Waals surface area contributed by atoms with E-state index in [0.717, 1.165) is 18.6 Å². The number of benzene rings is 2. The molecule has 2 amide bonds. The van der Waals surface area contributed by atoms with E-state index < -0.39 is 0 Å². The van der Waals surface area contributed by atoms with Crippen LogP contribution in [-0.4, -0.2) is 36.9 Å². The van der Waals surface area contributed by atoms with Crippen LogP contribution in [0.15, 0.2) is 54.6 Å². The third-order valence-corrected chi connectivity index (χ3v) is 3.89. The first-order valence-electron chi connectivity index (χ1n) is 8.32. The van der Waals surface area contributed by atoms with Crippen LogP contribution in [0.5, 0.6) is 5.75 Å². The molecule has 0 aliphatic heterocycles. The van der Waals surface area contributed by atoms with Crippen LogP contribution in [0.1, 0.15) is 18.9 Å². The number of rotatable bonds is 8. The van der Waals surface area contributed by atoms with Crippen LogP contribution in [0, 0.1) is 0 Å². The van der Waals surface area contributed by atoms with Crippen LogP contribution in [0.2, 0.25) is 0 Å². The van der Waals surface area contributed by atoms with Crippen molar-refractivity contribution in [3.05, 3.63) is 60.2 Å². The zero-order valence-corrected chi connectivity index (χ0v) is 14.7. The Balaban J connectivity index is 1.82. The molecule has 25 heavy (non-hydrogen) atoms. The van der Waals surface area contributed by atoms with Crippen molar-refractivity contribution in [2.24, 2.45) is 0 Å². The maximum Gasteiger partial charge on any atom is 0.243 e. The zero-order valence-electron chi connectivity index (χ0n) is 14.7. The van der Waals surface area contributed by atoms with E-state index >= 15 is 0 Å². The molecule has 2 aromatic carbocycles. The predicted octanol–water partition coefficient (Wildman–Crippen LogP) is 3.12. The second-order valence-corrected chi connectivity index (χ2v) is 5.81. The first kappa shape index (κ1) is 18.5. The average Bonchev–Trinajstić information content (AvgIpc) is 2.62. The molecule has 0 aliphatic rings. The van der Waals surface area contributed by atoms with Crippen molar-refractivity contribution in [1.82, 2.24) is 4.90 Å². The van der Waals surface area contributed by atoms with Crippen molar-refractivity contribution >= 4 is 17.5 Å². The van der Waals surface area contributed by atoms with Crippen molar-refractivity contribution in [3.8, 4) is 5.75 Å². The van der Waals surface area contributed by atoms with Gasteiger partial charge in [-0.2, -0.15) is 0 Å². The monoisotopic (exact) mass is 340 g/mol. The second kappa shape index (κ2) is 9.47. The molecule has 0 unspecified atom stereocenters. The van der Waals surface area contributed by atoms with Gasteiger partial charge < -0.3 is 15.0 Å². The molecule has 2 aromatic rings. The summed E-state index contributed by atoms with van der Waals surface area (Å²) in [6, 6.07) is 17.2. The Bertz CT molecular complexity index is 684. The van der Waals surface area contributed by atoms with Gasteiger partial charge in [0, 0.05) is 19.2 Å². The van der Waals surface area contributed by atoms with Crippen molar-refractivity contribution in [1.29, 1.82) is 0 Å². The largest absolute Gasteiger partial charge is 0.497 e. The summed E-state index contributed by atoms with van der Waals surface area (Å²) in [6.45, 7) is 2.10. The summed E-state index contributed by atoms with van der Waals surface area (Å²) >= 11 is 0. The fourth-order valence-corrected chi connectivity index (χ4v) is 2.51. The first-order valence-corrected chi connectivity index (χ1v) is 8.32. The van der Waals surface area contributed by atoms with Crippen molar-refractivity contribution in [2.75, 3.05) is 25.5 Å². The molecule has 0 bridgehead atoms. The number of aryl methyl sites for hydroxylation is 1. The van der Waals surface area contributed by atoms with Crippen LogP contribution in [-0.2, 0) is 16.0 Å².